The van der Waals surface area contributed by atoms with Gasteiger partial charge in [0.15, 0.2) is 5.69 Å². The van der Waals surface area contributed by atoms with Crippen LogP contribution < -0.4 is 10.6 Å². The summed E-state index contributed by atoms with van der Waals surface area (Å²) in [4.78, 5) is 12.3. The maximum absolute atomic E-state index is 12.3. The third kappa shape index (κ3) is 3.11. The number of carbonyl (C=O) groups excluding carboxylic acids is 1. The Kier molecular flexibility index (Phi) is 4.66. The maximum atomic E-state index is 12.3. The number of benzene rings is 1. The zero-order chi connectivity index (χ0) is 15.5. The molecule has 1 aromatic carbocycles. The highest BCUT2D eigenvalue weighted by atomic mass is 35.5. The Hall–Kier alpha value is -1.56. The predicted octanol–water partition coefficient (Wildman–Crippen LogP) is 2.33. The van der Waals surface area contributed by atoms with Gasteiger partial charge in [0.1, 0.15) is 0 Å². The van der Waals surface area contributed by atoms with Crippen LogP contribution in [0.5, 0.6) is 0 Å². The Morgan fingerprint density at radius 2 is 2.09 bits per heavy atom. The molecule has 0 aliphatic carbocycles. The van der Waals surface area contributed by atoms with Gasteiger partial charge in [0.2, 0.25) is 0 Å². The van der Waals surface area contributed by atoms with Gasteiger partial charge < -0.3 is 10.6 Å². The topological polar surface area (TPSA) is 69.8 Å². The Morgan fingerprint density at radius 3 is 2.86 bits per heavy atom. The highest BCUT2D eigenvalue weighted by Crippen LogP contribution is 2.24. The van der Waals surface area contributed by atoms with Gasteiger partial charge in [-0.2, -0.15) is 5.10 Å². The van der Waals surface area contributed by atoms with Crippen LogP contribution in [0.4, 0.5) is 0 Å². The molecule has 0 saturated heterocycles. The fraction of sp³-hybridized carbons (Fsp3) is 0.333. The molecule has 7 heteroatoms. The first-order valence-electron chi connectivity index (χ1n) is 7.14. The van der Waals surface area contributed by atoms with E-state index >= 15 is 0 Å². The molecule has 2 heterocycles. The summed E-state index contributed by atoms with van der Waals surface area (Å²) >= 11 is 12.2. The lowest BCUT2D eigenvalue weighted by molar-refractivity contribution is 0.0948. The summed E-state index contributed by atoms with van der Waals surface area (Å²) in [5.41, 5.74) is 3.31. The molecule has 1 aliphatic rings. The number of amides is 1. The lowest BCUT2D eigenvalue weighted by atomic mass is 10.1. The van der Waals surface area contributed by atoms with Crippen molar-refractivity contribution in [3.05, 3.63) is 50.8 Å². The van der Waals surface area contributed by atoms with E-state index in [0.29, 0.717) is 35.2 Å². The predicted molar refractivity (Wildman–Crippen MR) is 86.5 cm³/mol. The van der Waals surface area contributed by atoms with Crippen molar-refractivity contribution >= 4 is 29.1 Å². The van der Waals surface area contributed by atoms with Crippen LogP contribution in [0.15, 0.2) is 18.2 Å². The van der Waals surface area contributed by atoms with E-state index in [0.717, 1.165) is 29.8 Å². The average Bonchev–Trinajstić information content (AvgIpc) is 2.94. The molecule has 0 radical (unpaired) electrons. The summed E-state index contributed by atoms with van der Waals surface area (Å²) in [7, 11) is 0. The van der Waals surface area contributed by atoms with Crippen LogP contribution in [-0.2, 0) is 19.4 Å². The van der Waals surface area contributed by atoms with Crippen molar-refractivity contribution in [3.63, 3.8) is 0 Å². The monoisotopic (exact) mass is 338 g/mol. The van der Waals surface area contributed by atoms with Gasteiger partial charge in [-0.05, 0) is 24.1 Å². The van der Waals surface area contributed by atoms with Crippen molar-refractivity contribution in [1.82, 2.24) is 20.8 Å². The highest BCUT2D eigenvalue weighted by Gasteiger charge is 2.21. The van der Waals surface area contributed by atoms with Crippen LogP contribution >= 0.6 is 23.2 Å². The molecule has 0 fully saturated rings. The van der Waals surface area contributed by atoms with Crippen LogP contribution in [0.25, 0.3) is 0 Å². The molecule has 0 bridgehead atoms. The Balaban J connectivity index is 1.62. The van der Waals surface area contributed by atoms with Gasteiger partial charge in [0.25, 0.3) is 5.91 Å². The first-order valence-corrected chi connectivity index (χ1v) is 7.90. The van der Waals surface area contributed by atoms with Crippen LogP contribution in [0.2, 0.25) is 10.0 Å². The second kappa shape index (κ2) is 6.69. The maximum Gasteiger partial charge on any atom is 0.272 e. The molecule has 0 spiro atoms. The zero-order valence-electron chi connectivity index (χ0n) is 11.9. The second-order valence-electron chi connectivity index (χ2n) is 5.16. The largest absolute Gasteiger partial charge is 0.350 e. The Bertz CT molecular complexity index is 679. The first-order chi connectivity index (χ1) is 10.7. The van der Waals surface area contributed by atoms with Crippen molar-refractivity contribution in [2.75, 3.05) is 13.1 Å². The van der Waals surface area contributed by atoms with E-state index in [1.54, 1.807) is 18.2 Å². The molecule has 22 heavy (non-hydrogen) atoms. The average molecular weight is 339 g/mol. The van der Waals surface area contributed by atoms with Crippen molar-refractivity contribution in [1.29, 1.82) is 0 Å². The summed E-state index contributed by atoms with van der Waals surface area (Å²) in [6.45, 7) is 2.03. The van der Waals surface area contributed by atoms with Gasteiger partial charge in [-0.3, -0.25) is 9.89 Å². The van der Waals surface area contributed by atoms with E-state index in [-0.39, 0.29) is 5.91 Å². The SMILES string of the molecule is O=C(NCCc1c(Cl)cccc1Cl)c1n[nH]c2c1CNCC2. The molecule has 0 saturated carbocycles. The number of nitrogens with one attached hydrogen (secondary N) is 3. The van der Waals surface area contributed by atoms with Gasteiger partial charge in [0, 0.05) is 47.4 Å². The molecule has 0 unspecified atom stereocenters. The number of aromatic amines is 1. The number of H-pyrrole nitrogens is 1. The number of hydrogen-bond acceptors (Lipinski definition) is 3. The van der Waals surface area contributed by atoms with E-state index in [9.17, 15) is 4.79 Å². The molecule has 1 amide bonds. The number of fused-ring (bicyclic) bond motifs is 1. The van der Waals surface area contributed by atoms with E-state index in [2.05, 4.69) is 20.8 Å². The van der Waals surface area contributed by atoms with Crippen LogP contribution in [0, 0.1) is 0 Å². The molecule has 1 aliphatic heterocycles. The van der Waals surface area contributed by atoms with Crippen LogP contribution in [-0.4, -0.2) is 29.2 Å². The molecule has 1 aromatic heterocycles. The lowest BCUT2D eigenvalue weighted by Crippen LogP contribution is -2.29. The van der Waals surface area contributed by atoms with Crippen LogP contribution in [0.1, 0.15) is 27.3 Å². The molecular formula is C15H16Cl2N4O. The third-order valence-electron chi connectivity index (χ3n) is 3.74. The minimum Gasteiger partial charge on any atom is -0.350 e. The van der Waals surface area contributed by atoms with Crippen molar-refractivity contribution < 1.29 is 4.79 Å². The molecule has 5 nitrogen and oxygen atoms in total. The first kappa shape index (κ1) is 15.3. The highest BCUT2D eigenvalue weighted by molar-refractivity contribution is 6.36. The van der Waals surface area contributed by atoms with Gasteiger partial charge >= 0.3 is 0 Å². The van der Waals surface area contributed by atoms with E-state index in [4.69, 9.17) is 23.2 Å². The van der Waals surface area contributed by atoms with Gasteiger partial charge in [-0.1, -0.05) is 29.3 Å². The minimum absolute atomic E-state index is 0.177. The number of rotatable bonds is 4. The van der Waals surface area contributed by atoms with Crippen molar-refractivity contribution in [3.8, 4) is 0 Å². The molecule has 3 rings (SSSR count). The zero-order valence-corrected chi connectivity index (χ0v) is 13.4. The standard InChI is InChI=1S/C15H16Cl2N4O/c16-11-2-1-3-12(17)9(11)4-7-19-15(22)14-10-8-18-6-5-13(10)20-21-14/h1-3,18H,4-8H2,(H,19,22)(H,20,21). The summed E-state index contributed by atoms with van der Waals surface area (Å²) in [6.07, 6.45) is 1.44. The Morgan fingerprint density at radius 1 is 1.32 bits per heavy atom. The minimum atomic E-state index is -0.177. The van der Waals surface area contributed by atoms with E-state index in [1.807, 2.05) is 0 Å². The van der Waals surface area contributed by atoms with E-state index < -0.39 is 0 Å². The summed E-state index contributed by atoms with van der Waals surface area (Å²) < 4.78 is 0. The Labute approximate surface area is 138 Å². The summed E-state index contributed by atoms with van der Waals surface area (Å²) in [6, 6.07) is 5.39. The molecule has 3 N–H and O–H groups in total. The van der Waals surface area contributed by atoms with Crippen molar-refractivity contribution in [2.45, 2.75) is 19.4 Å². The van der Waals surface area contributed by atoms with Crippen molar-refractivity contribution in [2.24, 2.45) is 0 Å². The lowest BCUT2D eigenvalue weighted by Gasteiger charge is -2.13. The molecule has 0 atom stereocenters. The third-order valence-corrected chi connectivity index (χ3v) is 4.45. The fourth-order valence-corrected chi connectivity index (χ4v) is 3.16. The fourth-order valence-electron chi connectivity index (χ4n) is 2.57. The summed E-state index contributed by atoms with van der Waals surface area (Å²) in [5.74, 6) is -0.177. The smallest absolute Gasteiger partial charge is 0.272 e. The van der Waals surface area contributed by atoms with Gasteiger partial charge in [-0.25, -0.2) is 0 Å². The second-order valence-corrected chi connectivity index (χ2v) is 5.98. The quantitative estimate of drug-likeness (QED) is 0.801. The van der Waals surface area contributed by atoms with Crippen LogP contribution in [0.3, 0.4) is 0 Å². The number of halogens is 2. The molecular weight excluding hydrogens is 323 g/mol. The number of nitrogens with zero attached hydrogens (tertiary/aromatic N) is 1. The number of aromatic nitrogens is 2. The number of carbonyl (C=O) groups is 1. The molecule has 116 valence electrons. The normalized spacial score (nSPS) is 13.7. The summed E-state index contributed by atoms with van der Waals surface area (Å²) in [5, 5.41) is 14.4. The van der Waals surface area contributed by atoms with Gasteiger partial charge in [0.05, 0.1) is 0 Å². The number of hydrogen-bond donors (Lipinski definition) is 3. The van der Waals surface area contributed by atoms with E-state index in [1.165, 1.54) is 0 Å². The molecule has 2 aromatic rings. The van der Waals surface area contributed by atoms with Gasteiger partial charge in [-0.15, -0.1) is 0 Å².